The van der Waals surface area contributed by atoms with Gasteiger partial charge in [0.2, 0.25) is 0 Å². The van der Waals surface area contributed by atoms with Crippen LogP contribution in [0.25, 0.3) is 22.3 Å². The van der Waals surface area contributed by atoms with Gasteiger partial charge in [0.15, 0.2) is 0 Å². The van der Waals surface area contributed by atoms with Gasteiger partial charge < -0.3 is 19.5 Å². The average Bonchev–Trinajstić information content (AvgIpc) is 3.74. The number of carbonyl (C=O) groups excluding carboxylic acids is 2. The fourth-order valence-electron chi connectivity index (χ4n) is 7.91. The second-order valence-corrected chi connectivity index (χ2v) is 15.6. The predicted molar refractivity (Wildman–Crippen MR) is 217 cm³/mol. The topological polar surface area (TPSA) is 63.6 Å². The van der Waals surface area contributed by atoms with Crippen LogP contribution in [0.1, 0.15) is 77.5 Å². The summed E-state index contributed by atoms with van der Waals surface area (Å²) in [6.07, 6.45) is 1.76. The van der Waals surface area contributed by atoms with Crippen LogP contribution in [0.4, 0.5) is 13.6 Å². The van der Waals surface area contributed by atoms with E-state index in [0.29, 0.717) is 30.6 Å². The molecule has 1 heterocycles. The minimum Gasteiger partial charge on any atom is -0.449 e. The van der Waals surface area contributed by atoms with Gasteiger partial charge in [-0.3, -0.25) is 4.79 Å². The molecule has 0 bridgehead atoms. The second kappa shape index (κ2) is 16.4. The highest BCUT2D eigenvalue weighted by molar-refractivity contribution is 5.94. The second-order valence-electron chi connectivity index (χ2n) is 15.6. The van der Waals surface area contributed by atoms with Crippen molar-refractivity contribution in [3.05, 3.63) is 179 Å². The van der Waals surface area contributed by atoms with E-state index in [-0.39, 0.29) is 30.5 Å². The number of rotatable bonds is 12. The molecule has 0 unspecified atom stereocenters. The van der Waals surface area contributed by atoms with Gasteiger partial charge in [-0.1, -0.05) is 117 Å². The first-order valence-corrected chi connectivity index (χ1v) is 19.1. The summed E-state index contributed by atoms with van der Waals surface area (Å²) in [7, 11) is 0. The average molecular weight is 752 g/mol. The van der Waals surface area contributed by atoms with E-state index in [1.807, 2.05) is 108 Å². The third-order valence-electron chi connectivity index (χ3n) is 10.5. The standard InChI is InChI=1S/C48H47F2N3O3/c1-32-19-21-34(22-20-32)46(54)53(26-12-25-51-47(55)56-31-42-39-17-10-8-15-37(39)38-16-9-11-18-40(38)42)45(48(2,3)4)44-27-35(41-28-36(49)23-24-43(41)50)30-52(44)29-33-13-6-5-7-14-33/h5-11,13-24,27-28,30,42,45H,12,25-26,29,31H2,1-4H3,(H,51,55)/t45-/m0/s1. The van der Waals surface area contributed by atoms with Crippen LogP contribution >= 0.6 is 0 Å². The Hall–Kier alpha value is -6.02. The van der Waals surface area contributed by atoms with E-state index in [1.54, 1.807) is 0 Å². The van der Waals surface area contributed by atoms with Gasteiger partial charge in [-0.25, -0.2) is 13.6 Å². The summed E-state index contributed by atoms with van der Waals surface area (Å²) in [6, 6.07) is 38.6. The third kappa shape index (κ3) is 8.30. The van der Waals surface area contributed by atoms with Crippen LogP contribution in [0, 0.1) is 24.0 Å². The van der Waals surface area contributed by atoms with E-state index in [9.17, 15) is 14.0 Å². The first-order valence-electron chi connectivity index (χ1n) is 19.1. The number of carbonyl (C=O) groups is 2. The maximum atomic E-state index is 15.3. The molecule has 0 spiro atoms. The van der Waals surface area contributed by atoms with E-state index in [2.05, 4.69) is 50.4 Å². The quantitative estimate of drug-likeness (QED) is 0.127. The molecule has 1 aliphatic rings. The molecule has 0 aliphatic heterocycles. The Labute approximate surface area is 327 Å². The van der Waals surface area contributed by atoms with E-state index in [0.717, 1.165) is 51.2 Å². The fraction of sp³-hybridized carbons (Fsp3) is 0.250. The van der Waals surface area contributed by atoms with Gasteiger partial charge in [-0.05, 0) is 83.0 Å². The lowest BCUT2D eigenvalue weighted by Crippen LogP contribution is -2.43. The summed E-state index contributed by atoms with van der Waals surface area (Å²) in [6.45, 7) is 9.43. The molecule has 8 heteroatoms. The van der Waals surface area contributed by atoms with Gasteiger partial charge in [0.25, 0.3) is 5.91 Å². The van der Waals surface area contributed by atoms with Gasteiger partial charge in [0.05, 0.1) is 6.04 Å². The molecule has 6 nitrogen and oxygen atoms in total. The normalized spacial score (nSPS) is 12.8. The Balaban J connectivity index is 1.15. The van der Waals surface area contributed by atoms with Crippen LogP contribution in [0.2, 0.25) is 0 Å². The van der Waals surface area contributed by atoms with E-state index >= 15 is 4.39 Å². The minimum absolute atomic E-state index is 0.0545. The van der Waals surface area contributed by atoms with Gasteiger partial charge in [0, 0.05) is 54.1 Å². The van der Waals surface area contributed by atoms with Crippen LogP contribution < -0.4 is 5.32 Å². The van der Waals surface area contributed by atoms with E-state index in [1.165, 1.54) is 6.07 Å². The van der Waals surface area contributed by atoms with Crippen molar-refractivity contribution in [3.63, 3.8) is 0 Å². The lowest BCUT2D eigenvalue weighted by Gasteiger charge is -2.41. The van der Waals surface area contributed by atoms with Crippen molar-refractivity contribution >= 4 is 12.0 Å². The number of ether oxygens (including phenoxy) is 1. The number of fused-ring (bicyclic) bond motifs is 3. The highest BCUT2D eigenvalue weighted by Crippen LogP contribution is 2.45. The Morgan fingerprint density at radius 3 is 2.11 bits per heavy atom. The maximum Gasteiger partial charge on any atom is 0.407 e. The molecule has 1 atom stereocenters. The van der Waals surface area contributed by atoms with Crippen LogP contribution in [-0.2, 0) is 11.3 Å². The van der Waals surface area contributed by atoms with Crippen LogP contribution in [0.5, 0.6) is 0 Å². The molecule has 0 saturated carbocycles. The van der Waals surface area contributed by atoms with Crippen LogP contribution in [0.15, 0.2) is 134 Å². The molecule has 0 radical (unpaired) electrons. The number of hydrogen-bond acceptors (Lipinski definition) is 3. The molecule has 0 fully saturated rings. The summed E-state index contributed by atoms with van der Waals surface area (Å²) in [5, 5.41) is 2.91. The van der Waals surface area contributed by atoms with Crippen molar-refractivity contribution < 1.29 is 23.1 Å². The Kier molecular flexibility index (Phi) is 11.2. The number of alkyl carbamates (subject to hydrolysis) is 1. The third-order valence-corrected chi connectivity index (χ3v) is 10.5. The van der Waals surface area contributed by atoms with Crippen molar-refractivity contribution in [2.45, 2.75) is 52.6 Å². The zero-order valence-electron chi connectivity index (χ0n) is 32.3. The molecule has 7 rings (SSSR count). The molecule has 5 aromatic carbocycles. The van der Waals surface area contributed by atoms with Crippen molar-refractivity contribution in [1.82, 2.24) is 14.8 Å². The zero-order valence-corrected chi connectivity index (χ0v) is 32.3. The van der Waals surface area contributed by atoms with Crippen LogP contribution in [0.3, 0.4) is 0 Å². The molecule has 2 amide bonds. The minimum atomic E-state index is -0.536. The van der Waals surface area contributed by atoms with Gasteiger partial charge in [-0.2, -0.15) is 0 Å². The van der Waals surface area contributed by atoms with Crippen molar-refractivity contribution in [2.75, 3.05) is 19.7 Å². The molecule has 1 aliphatic carbocycles. The Morgan fingerprint density at radius 1 is 0.804 bits per heavy atom. The Bertz CT molecular complexity index is 2280. The number of nitrogens with one attached hydrogen (secondary N) is 1. The first kappa shape index (κ1) is 38.3. The van der Waals surface area contributed by atoms with Gasteiger partial charge >= 0.3 is 6.09 Å². The van der Waals surface area contributed by atoms with Gasteiger partial charge in [-0.15, -0.1) is 0 Å². The highest BCUT2D eigenvalue weighted by Gasteiger charge is 2.38. The van der Waals surface area contributed by atoms with Crippen LogP contribution in [-0.4, -0.2) is 41.2 Å². The summed E-state index contributed by atoms with van der Waals surface area (Å²) in [5.41, 5.74) is 8.12. The number of aromatic nitrogens is 1. The number of aryl methyl sites for hydroxylation is 1. The summed E-state index contributed by atoms with van der Waals surface area (Å²) >= 11 is 0. The number of amides is 2. The largest absolute Gasteiger partial charge is 0.449 e. The molecule has 0 saturated heterocycles. The molecule has 1 N–H and O–H groups in total. The lowest BCUT2D eigenvalue weighted by molar-refractivity contribution is 0.0491. The number of halogens is 2. The monoisotopic (exact) mass is 751 g/mol. The molecule has 286 valence electrons. The lowest BCUT2D eigenvalue weighted by atomic mass is 9.82. The smallest absolute Gasteiger partial charge is 0.407 e. The SMILES string of the molecule is Cc1ccc(C(=O)N(CCCNC(=O)OCC2c3ccccc3-c3ccccc32)[C@@H](c2cc(-c3cc(F)ccc3F)cn2Cc2ccccc2)C(C)(C)C)cc1. The van der Waals surface area contributed by atoms with Gasteiger partial charge in [0.1, 0.15) is 18.2 Å². The van der Waals surface area contributed by atoms with Crippen molar-refractivity contribution in [2.24, 2.45) is 5.41 Å². The maximum absolute atomic E-state index is 15.3. The molecule has 6 aromatic rings. The molecule has 1 aromatic heterocycles. The summed E-state index contributed by atoms with van der Waals surface area (Å²) < 4.78 is 37.6. The van der Waals surface area contributed by atoms with Crippen molar-refractivity contribution in [1.29, 1.82) is 0 Å². The zero-order chi connectivity index (χ0) is 39.4. The summed E-state index contributed by atoms with van der Waals surface area (Å²) in [4.78, 5) is 29.6. The number of hydrogen-bond donors (Lipinski definition) is 1. The van der Waals surface area contributed by atoms with E-state index in [4.69, 9.17) is 4.74 Å². The molecular formula is C48H47F2N3O3. The predicted octanol–water partition coefficient (Wildman–Crippen LogP) is 10.9. The fourth-order valence-corrected chi connectivity index (χ4v) is 7.91. The Morgan fingerprint density at radius 2 is 1.45 bits per heavy atom. The first-order chi connectivity index (χ1) is 27.0. The number of nitrogens with zero attached hydrogens (tertiary/aromatic N) is 2. The van der Waals surface area contributed by atoms with Crippen molar-refractivity contribution in [3.8, 4) is 22.3 Å². The number of benzene rings is 5. The molecular weight excluding hydrogens is 705 g/mol. The van der Waals surface area contributed by atoms with E-state index < -0.39 is 29.2 Å². The molecule has 56 heavy (non-hydrogen) atoms. The highest BCUT2D eigenvalue weighted by atomic mass is 19.1. The summed E-state index contributed by atoms with van der Waals surface area (Å²) in [5.74, 6) is -1.29.